The summed E-state index contributed by atoms with van der Waals surface area (Å²) in [4.78, 5) is 13.3. The van der Waals surface area contributed by atoms with Gasteiger partial charge in [0.15, 0.2) is 0 Å². The van der Waals surface area contributed by atoms with Gasteiger partial charge in [0.25, 0.3) is 0 Å². The zero-order valence-electron chi connectivity index (χ0n) is 10.8. The highest BCUT2D eigenvalue weighted by Gasteiger charge is 2.15. The van der Waals surface area contributed by atoms with E-state index in [2.05, 4.69) is 37.2 Å². The van der Waals surface area contributed by atoms with Crippen molar-refractivity contribution >= 4 is 55.2 Å². The number of anilines is 1. The van der Waals surface area contributed by atoms with Gasteiger partial charge in [-0.15, -0.1) is 11.8 Å². The quantitative estimate of drug-likeness (QED) is 0.685. The van der Waals surface area contributed by atoms with Crippen LogP contribution in [0.4, 0.5) is 5.69 Å². The Morgan fingerprint density at radius 2 is 1.85 bits per heavy atom. The minimum absolute atomic E-state index is 0.0161. The molecule has 0 bridgehead atoms. The Labute approximate surface area is 139 Å². The largest absolute Gasteiger partial charge is 0.324 e. The average molecular weight is 415 g/mol. The third kappa shape index (κ3) is 4.36. The molecule has 0 aliphatic heterocycles. The molecule has 104 valence electrons. The van der Waals surface area contributed by atoms with Gasteiger partial charge in [0.2, 0.25) is 5.91 Å². The molecule has 0 spiro atoms. The molecule has 0 fully saturated rings. The van der Waals surface area contributed by atoms with Gasteiger partial charge in [0, 0.05) is 13.8 Å². The number of carbonyl (C=O) groups excluding carboxylic acids is 1. The van der Waals surface area contributed by atoms with Crippen molar-refractivity contribution in [1.29, 1.82) is 0 Å². The van der Waals surface area contributed by atoms with Crippen molar-refractivity contribution in [2.75, 3.05) is 5.32 Å². The van der Waals surface area contributed by atoms with Crippen molar-refractivity contribution in [3.8, 4) is 0 Å². The standard InChI is InChI=1S/C15H13Br2NOS/c1-10(20-12-5-3-2-4-6-12)15(19)18-14-9-11(16)7-8-13(14)17/h2-10H,1H3,(H,18,19). The summed E-state index contributed by atoms with van der Waals surface area (Å²) in [6.07, 6.45) is 0. The van der Waals surface area contributed by atoms with Gasteiger partial charge in [-0.3, -0.25) is 4.79 Å². The van der Waals surface area contributed by atoms with Gasteiger partial charge in [-0.25, -0.2) is 0 Å². The van der Waals surface area contributed by atoms with E-state index in [1.54, 1.807) is 11.8 Å². The number of carbonyl (C=O) groups is 1. The van der Waals surface area contributed by atoms with Crippen LogP contribution >= 0.6 is 43.6 Å². The number of hydrogen-bond donors (Lipinski definition) is 1. The smallest absolute Gasteiger partial charge is 0.237 e. The van der Waals surface area contributed by atoms with E-state index in [1.807, 2.05) is 55.5 Å². The van der Waals surface area contributed by atoms with Gasteiger partial charge in [-0.1, -0.05) is 34.1 Å². The second kappa shape index (κ2) is 7.29. The summed E-state index contributed by atoms with van der Waals surface area (Å²) in [7, 11) is 0. The first kappa shape index (κ1) is 15.6. The van der Waals surface area contributed by atoms with Crippen LogP contribution in [-0.2, 0) is 4.79 Å². The number of benzene rings is 2. The zero-order valence-corrected chi connectivity index (χ0v) is 14.8. The lowest BCUT2D eigenvalue weighted by molar-refractivity contribution is -0.115. The summed E-state index contributed by atoms with van der Waals surface area (Å²) in [6.45, 7) is 1.90. The molecule has 5 heteroatoms. The zero-order chi connectivity index (χ0) is 14.5. The summed E-state index contributed by atoms with van der Waals surface area (Å²) in [5, 5.41) is 2.77. The maximum atomic E-state index is 12.2. The maximum absolute atomic E-state index is 12.2. The van der Waals surface area contributed by atoms with Crippen LogP contribution in [0.1, 0.15) is 6.92 Å². The monoisotopic (exact) mass is 413 g/mol. The van der Waals surface area contributed by atoms with Crippen LogP contribution in [0.15, 0.2) is 62.4 Å². The van der Waals surface area contributed by atoms with Crippen molar-refractivity contribution in [2.24, 2.45) is 0 Å². The summed E-state index contributed by atoms with van der Waals surface area (Å²) in [5.74, 6) is -0.0161. The molecule has 2 aromatic rings. The Hall–Kier alpha value is -0.780. The lowest BCUT2D eigenvalue weighted by Crippen LogP contribution is -2.22. The van der Waals surface area contributed by atoms with Gasteiger partial charge < -0.3 is 5.32 Å². The second-order valence-corrected chi connectivity index (χ2v) is 7.37. The first-order valence-corrected chi connectivity index (χ1v) is 8.50. The van der Waals surface area contributed by atoms with Crippen LogP contribution in [-0.4, -0.2) is 11.2 Å². The van der Waals surface area contributed by atoms with E-state index < -0.39 is 0 Å². The molecule has 0 aliphatic rings. The van der Waals surface area contributed by atoms with E-state index in [0.717, 1.165) is 19.5 Å². The molecule has 0 heterocycles. The molecule has 1 amide bonds. The molecule has 2 aromatic carbocycles. The molecule has 1 atom stereocenters. The molecule has 0 aliphatic carbocycles. The van der Waals surface area contributed by atoms with Gasteiger partial charge in [0.1, 0.15) is 0 Å². The van der Waals surface area contributed by atoms with E-state index in [9.17, 15) is 4.79 Å². The fourth-order valence-corrected chi connectivity index (χ4v) is 3.18. The predicted molar refractivity (Wildman–Crippen MR) is 92.2 cm³/mol. The molecular formula is C15H13Br2NOS. The Morgan fingerprint density at radius 3 is 2.55 bits per heavy atom. The Balaban J connectivity index is 2.02. The van der Waals surface area contributed by atoms with E-state index in [4.69, 9.17) is 0 Å². The number of rotatable bonds is 4. The third-order valence-corrected chi connectivity index (χ3v) is 4.91. The van der Waals surface area contributed by atoms with Crippen LogP contribution in [0, 0.1) is 0 Å². The summed E-state index contributed by atoms with van der Waals surface area (Å²) in [6, 6.07) is 15.6. The maximum Gasteiger partial charge on any atom is 0.237 e. The Kier molecular flexibility index (Phi) is 5.69. The Bertz CT molecular complexity index is 604. The molecule has 1 unspecified atom stereocenters. The molecule has 20 heavy (non-hydrogen) atoms. The third-order valence-electron chi connectivity index (χ3n) is 2.61. The molecule has 0 saturated carbocycles. The van der Waals surface area contributed by atoms with E-state index in [1.165, 1.54) is 0 Å². The van der Waals surface area contributed by atoms with E-state index in [-0.39, 0.29) is 11.2 Å². The number of thioether (sulfide) groups is 1. The number of halogens is 2. The molecule has 1 N–H and O–H groups in total. The number of amides is 1. The van der Waals surface area contributed by atoms with Crippen LogP contribution in [0.5, 0.6) is 0 Å². The average Bonchev–Trinajstić information content (AvgIpc) is 2.44. The number of nitrogens with one attached hydrogen (secondary N) is 1. The molecular weight excluding hydrogens is 402 g/mol. The van der Waals surface area contributed by atoms with E-state index >= 15 is 0 Å². The molecule has 2 nitrogen and oxygen atoms in total. The summed E-state index contributed by atoms with van der Waals surface area (Å²) in [5.41, 5.74) is 0.768. The fourth-order valence-electron chi connectivity index (χ4n) is 1.58. The molecule has 0 aromatic heterocycles. The van der Waals surface area contributed by atoms with Crippen molar-refractivity contribution in [3.63, 3.8) is 0 Å². The highest BCUT2D eigenvalue weighted by molar-refractivity contribution is 9.11. The second-order valence-electron chi connectivity index (χ2n) is 4.19. The minimum Gasteiger partial charge on any atom is -0.324 e. The van der Waals surface area contributed by atoms with Gasteiger partial charge in [-0.2, -0.15) is 0 Å². The van der Waals surface area contributed by atoms with Crippen LogP contribution in [0.2, 0.25) is 0 Å². The van der Waals surface area contributed by atoms with Crippen LogP contribution in [0.3, 0.4) is 0 Å². The summed E-state index contributed by atoms with van der Waals surface area (Å²) < 4.78 is 1.80. The van der Waals surface area contributed by atoms with Crippen molar-refractivity contribution in [3.05, 3.63) is 57.5 Å². The lowest BCUT2D eigenvalue weighted by Gasteiger charge is -2.13. The van der Waals surface area contributed by atoms with Crippen LogP contribution in [0.25, 0.3) is 0 Å². The Morgan fingerprint density at radius 1 is 1.15 bits per heavy atom. The highest BCUT2D eigenvalue weighted by Crippen LogP contribution is 2.28. The minimum atomic E-state index is -0.164. The normalized spacial score (nSPS) is 11.9. The fraction of sp³-hybridized carbons (Fsp3) is 0.133. The number of hydrogen-bond acceptors (Lipinski definition) is 2. The van der Waals surface area contributed by atoms with Crippen molar-refractivity contribution in [2.45, 2.75) is 17.1 Å². The van der Waals surface area contributed by atoms with Gasteiger partial charge in [0.05, 0.1) is 10.9 Å². The SMILES string of the molecule is CC(Sc1ccccc1)C(=O)Nc1cc(Br)ccc1Br. The molecule has 0 radical (unpaired) electrons. The predicted octanol–water partition coefficient (Wildman–Crippen LogP) is 5.33. The van der Waals surface area contributed by atoms with Crippen molar-refractivity contribution < 1.29 is 4.79 Å². The lowest BCUT2D eigenvalue weighted by atomic mass is 10.3. The summed E-state index contributed by atoms with van der Waals surface area (Å²) >= 11 is 8.37. The van der Waals surface area contributed by atoms with E-state index in [0.29, 0.717) is 0 Å². The first-order valence-electron chi connectivity index (χ1n) is 6.04. The van der Waals surface area contributed by atoms with Gasteiger partial charge in [-0.05, 0) is 53.2 Å². The topological polar surface area (TPSA) is 29.1 Å². The molecule has 2 rings (SSSR count). The van der Waals surface area contributed by atoms with Gasteiger partial charge >= 0.3 is 0 Å². The van der Waals surface area contributed by atoms with Crippen LogP contribution < -0.4 is 5.32 Å². The van der Waals surface area contributed by atoms with Crippen molar-refractivity contribution in [1.82, 2.24) is 0 Å². The first-order chi connectivity index (χ1) is 9.56. The highest BCUT2D eigenvalue weighted by atomic mass is 79.9. The molecule has 0 saturated heterocycles.